The van der Waals surface area contributed by atoms with Crippen LogP contribution in [0.3, 0.4) is 0 Å². The molecule has 1 aromatic carbocycles. The fourth-order valence-electron chi connectivity index (χ4n) is 1.79. The van der Waals surface area contributed by atoms with Gasteiger partial charge in [0.05, 0.1) is 11.9 Å². The smallest absolute Gasteiger partial charge is 0.319 e. The van der Waals surface area contributed by atoms with Crippen LogP contribution >= 0.6 is 0 Å². The molecule has 1 heterocycles. The van der Waals surface area contributed by atoms with Gasteiger partial charge in [0, 0.05) is 25.4 Å². The summed E-state index contributed by atoms with van der Waals surface area (Å²) in [5.74, 6) is -0.0948. The molecule has 2 aromatic rings. The van der Waals surface area contributed by atoms with Gasteiger partial charge in [0.15, 0.2) is 0 Å². The molecule has 0 aliphatic rings. The number of halogens is 1. The number of aromatic nitrogens is 2. The topological polar surface area (TPSA) is 88.4 Å². The summed E-state index contributed by atoms with van der Waals surface area (Å²) in [4.78, 5) is 11.7. The van der Waals surface area contributed by atoms with E-state index in [1.807, 2.05) is 6.92 Å². The lowest BCUT2D eigenvalue weighted by atomic mass is 10.3. The molecule has 0 saturated carbocycles. The number of aliphatic hydroxyl groups excluding tert-OH is 1. The molecule has 0 aliphatic heterocycles. The Bertz CT molecular complexity index is 647. The summed E-state index contributed by atoms with van der Waals surface area (Å²) < 4.78 is 19.9. The Balaban J connectivity index is 1.69. The largest absolute Gasteiger partial charge is 0.491 e. The van der Waals surface area contributed by atoms with Gasteiger partial charge in [-0.05, 0) is 19.1 Å². The maximum atomic E-state index is 13.0. The molecule has 7 nitrogen and oxygen atoms in total. The number of anilines is 1. The summed E-state index contributed by atoms with van der Waals surface area (Å²) in [6.07, 6.45) is 2.32. The fraction of sp³-hybridized carbons (Fsp3) is 0.333. The van der Waals surface area contributed by atoms with Crippen molar-refractivity contribution < 1.29 is 19.0 Å². The average molecular weight is 322 g/mol. The van der Waals surface area contributed by atoms with Gasteiger partial charge in [0.2, 0.25) is 0 Å². The molecule has 0 aliphatic carbocycles. The van der Waals surface area contributed by atoms with E-state index in [2.05, 4.69) is 15.7 Å². The van der Waals surface area contributed by atoms with Crippen LogP contribution in [0.5, 0.6) is 5.75 Å². The lowest BCUT2D eigenvalue weighted by Crippen LogP contribution is -2.37. The maximum Gasteiger partial charge on any atom is 0.319 e. The van der Waals surface area contributed by atoms with Crippen molar-refractivity contribution >= 4 is 11.7 Å². The molecule has 0 radical (unpaired) electrons. The highest BCUT2D eigenvalue weighted by Crippen LogP contribution is 2.12. The van der Waals surface area contributed by atoms with Crippen molar-refractivity contribution in [3.05, 3.63) is 42.5 Å². The lowest BCUT2D eigenvalue weighted by Gasteiger charge is -2.13. The van der Waals surface area contributed by atoms with Crippen molar-refractivity contribution in [2.75, 3.05) is 18.5 Å². The molecule has 1 aromatic heterocycles. The molecule has 124 valence electrons. The molecule has 0 saturated heterocycles. The van der Waals surface area contributed by atoms with E-state index in [4.69, 9.17) is 4.74 Å². The summed E-state index contributed by atoms with van der Waals surface area (Å²) >= 11 is 0. The standard InChI is InChI=1S/C15H19FN4O3/c1-2-20-9-12(7-18-20)19-15(22)17-8-13(21)10-23-14-5-3-4-11(16)6-14/h3-7,9,13,21H,2,8,10H2,1H3,(H2,17,19,22). The molecule has 3 N–H and O–H groups in total. The number of hydrogen-bond acceptors (Lipinski definition) is 4. The minimum atomic E-state index is -0.914. The van der Waals surface area contributed by atoms with Crippen LogP contribution in [0.15, 0.2) is 36.7 Å². The Labute approximate surface area is 133 Å². The molecule has 0 spiro atoms. The summed E-state index contributed by atoms with van der Waals surface area (Å²) in [5.41, 5.74) is 0.565. The van der Waals surface area contributed by atoms with Crippen LogP contribution in [0.25, 0.3) is 0 Å². The van der Waals surface area contributed by atoms with E-state index in [0.717, 1.165) is 0 Å². The molecular weight excluding hydrogens is 303 g/mol. The number of nitrogens with one attached hydrogen (secondary N) is 2. The molecule has 2 amide bonds. The van der Waals surface area contributed by atoms with Gasteiger partial charge in [-0.2, -0.15) is 5.10 Å². The monoisotopic (exact) mass is 322 g/mol. The SMILES string of the molecule is CCn1cc(NC(=O)NCC(O)COc2cccc(F)c2)cn1. The number of aliphatic hydroxyl groups is 1. The minimum absolute atomic E-state index is 0.00304. The molecule has 0 fully saturated rings. The zero-order valence-corrected chi connectivity index (χ0v) is 12.7. The summed E-state index contributed by atoms with van der Waals surface area (Å²) in [6.45, 7) is 2.59. The van der Waals surface area contributed by atoms with Gasteiger partial charge in [-0.1, -0.05) is 6.07 Å². The van der Waals surface area contributed by atoms with E-state index < -0.39 is 18.0 Å². The number of amides is 2. The molecule has 0 bridgehead atoms. The van der Waals surface area contributed by atoms with Crippen LogP contribution < -0.4 is 15.4 Å². The highest BCUT2D eigenvalue weighted by atomic mass is 19.1. The Hall–Kier alpha value is -2.61. The third kappa shape index (κ3) is 5.59. The van der Waals surface area contributed by atoms with E-state index in [9.17, 15) is 14.3 Å². The number of aryl methyl sites for hydroxylation is 1. The number of benzene rings is 1. The third-order valence-electron chi connectivity index (χ3n) is 2.95. The van der Waals surface area contributed by atoms with E-state index >= 15 is 0 Å². The van der Waals surface area contributed by atoms with Gasteiger partial charge in [0.1, 0.15) is 24.3 Å². The van der Waals surface area contributed by atoms with Crippen LogP contribution in [-0.4, -0.2) is 40.2 Å². The fourth-order valence-corrected chi connectivity index (χ4v) is 1.79. The number of carbonyl (C=O) groups is 1. The molecular formula is C15H19FN4O3. The Morgan fingerprint density at radius 1 is 1.52 bits per heavy atom. The number of rotatable bonds is 7. The first-order valence-corrected chi connectivity index (χ1v) is 7.20. The molecule has 23 heavy (non-hydrogen) atoms. The maximum absolute atomic E-state index is 13.0. The molecule has 2 rings (SSSR count). The zero-order valence-electron chi connectivity index (χ0n) is 12.7. The van der Waals surface area contributed by atoms with Gasteiger partial charge in [-0.15, -0.1) is 0 Å². The van der Waals surface area contributed by atoms with E-state index in [0.29, 0.717) is 18.0 Å². The van der Waals surface area contributed by atoms with Gasteiger partial charge < -0.3 is 20.5 Å². The summed E-state index contributed by atoms with van der Waals surface area (Å²) in [6, 6.07) is 5.17. The second-order valence-corrected chi connectivity index (χ2v) is 4.84. The number of urea groups is 1. The second-order valence-electron chi connectivity index (χ2n) is 4.84. The van der Waals surface area contributed by atoms with Gasteiger partial charge >= 0.3 is 6.03 Å². The second kappa shape index (κ2) is 8.14. The van der Waals surface area contributed by atoms with E-state index in [-0.39, 0.29) is 13.2 Å². The number of carbonyl (C=O) groups excluding carboxylic acids is 1. The summed E-state index contributed by atoms with van der Waals surface area (Å²) in [7, 11) is 0. The van der Waals surface area contributed by atoms with Crippen LogP contribution in [-0.2, 0) is 6.54 Å². The van der Waals surface area contributed by atoms with Crippen LogP contribution in [0.1, 0.15) is 6.92 Å². The highest BCUT2D eigenvalue weighted by molar-refractivity contribution is 5.88. The third-order valence-corrected chi connectivity index (χ3v) is 2.95. The molecule has 8 heteroatoms. The van der Waals surface area contributed by atoms with Crippen molar-refractivity contribution in [3.8, 4) is 5.75 Å². The number of hydrogen-bond donors (Lipinski definition) is 3. The van der Waals surface area contributed by atoms with Gasteiger partial charge in [-0.3, -0.25) is 4.68 Å². The first-order valence-electron chi connectivity index (χ1n) is 7.20. The van der Waals surface area contributed by atoms with Crippen molar-refractivity contribution in [2.24, 2.45) is 0 Å². The zero-order chi connectivity index (χ0) is 16.7. The quantitative estimate of drug-likeness (QED) is 0.722. The van der Waals surface area contributed by atoms with E-state index in [1.165, 1.54) is 24.4 Å². The highest BCUT2D eigenvalue weighted by Gasteiger charge is 2.09. The number of ether oxygens (including phenoxy) is 1. The van der Waals surface area contributed by atoms with E-state index in [1.54, 1.807) is 16.9 Å². The van der Waals surface area contributed by atoms with Crippen molar-refractivity contribution in [2.45, 2.75) is 19.6 Å². The summed E-state index contributed by atoms with van der Waals surface area (Å²) in [5, 5.41) is 18.9. The normalized spacial score (nSPS) is 11.8. The lowest BCUT2D eigenvalue weighted by molar-refractivity contribution is 0.108. The predicted octanol–water partition coefficient (Wildman–Crippen LogP) is 1.60. The predicted molar refractivity (Wildman–Crippen MR) is 82.8 cm³/mol. The number of nitrogens with zero attached hydrogens (tertiary/aromatic N) is 2. The minimum Gasteiger partial charge on any atom is -0.491 e. The molecule has 1 unspecified atom stereocenters. The Morgan fingerprint density at radius 2 is 2.35 bits per heavy atom. The Kier molecular flexibility index (Phi) is 5.93. The van der Waals surface area contributed by atoms with Crippen molar-refractivity contribution in [1.82, 2.24) is 15.1 Å². The van der Waals surface area contributed by atoms with Crippen molar-refractivity contribution in [1.29, 1.82) is 0 Å². The van der Waals surface area contributed by atoms with Crippen LogP contribution in [0, 0.1) is 5.82 Å². The first kappa shape index (κ1) is 16.8. The van der Waals surface area contributed by atoms with Gasteiger partial charge in [-0.25, -0.2) is 9.18 Å². The Morgan fingerprint density at radius 3 is 3.04 bits per heavy atom. The van der Waals surface area contributed by atoms with Crippen LogP contribution in [0.4, 0.5) is 14.9 Å². The van der Waals surface area contributed by atoms with Crippen LogP contribution in [0.2, 0.25) is 0 Å². The molecule has 1 atom stereocenters. The van der Waals surface area contributed by atoms with Crippen molar-refractivity contribution in [3.63, 3.8) is 0 Å². The van der Waals surface area contributed by atoms with Gasteiger partial charge in [0.25, 0.3) is 0 Å². The average Bonchev–Trinajstić information content (AvgIpc) is 2.98. The first-order chi connectivity index (χ1) is 11.1.